The van der Waals surface area contributed by atoms with Crippen LogP contribution < -0.4 is 10.6 Å². The molecule has 1 aliphatic heterocycles. The summed E-state index contributed by atoms with van der Waals surface area (Å²) in [7, 11) is 0. The highest BCUT2D eigenvalue weighted by atomic mass is 35.5. The summed E-state index contributed by atoms with van der Waals surface area (Å²) in [5.74, 6) is -2.64. The number of anilines is 1. The van der Waals surface area contributed by atoms with Crippen molar-refractivity contribution in [1.82, 2.24) is 40.3 Å². The number of nitrogens with zero attached hydrogens (tertiary/aromatic N) is 8. The van der Waals surface area contributed by atoms with Gasteiger partial charge in [-0.25, -0.2) is 9.67 Å². The zero-order chi connectivity index (χ0) is 29.3. The molecule has 0 radical (unpaired) electrons. The molecule has 210 valence electrons. The molecule has 17 heteroatoms. The Kier molecular flexibility index (Phi) is 7.39. The van der Waals surface area contributed by atoms with Crippen molar-refractivity contribution in [3.63, 3.8) is 0 Å². The van der Waals surface area contributed by atoms with Gasteiger partial charge in [0.2, 0.25) is 0 Å². The van der Waals surface area contributed by atoms with Gasteiger partial charge in [0.25, 0.3) is 17.6 Å². The van der Waals surface area contributed by atoms with Crippen LogP contribution in [0.5, 0.6) is 0 Å². The molecule has 0 bridgehead atoms. The van der Waals surface area contributed by atoms with Gasteiger partial charge in [0, 0.05) is 6.20 Å². The zero-order valence-electron chi connectivity index (χ0n) is 21.0. The number of carbonyl (C=O) groups is 2. The van der Waals surface area contributed by atoms with Gasteiger partial charge in [-0.1, -0.05) is 11.6 Å². The molecular formula is C24H18ClF3N10O3. The van der Waals surface area contributed by atoms with Gasteiger partial charge in [0.1, 0.15) is 12.2 Å². The largest absolute Gasteiger partial charge is 0.455 e. The Morgan fingerprint density at radius 1 is 1.22 bits per heavy atom. The number of pyridine rings is 1. The van der Waals surface area contributed by atoms with Crippen LogP contribution >= 0.6 is 11.6 Å². The van der Waals surface area contributed by atoms with Gasteiger partial charge in [-0.05, 0) is 48.0 Å². The summed E-state index contributed by atoms with van der Waals surface area (Å²) < 4.78 is 45.0. The number of rotatable bonds is 7. The summed E-state index contributed by atoms with van der Waals surface area (Å²) in [6.07, 6.45) is -3.38. The second-order valence-corrected chi connectivity index (χ2v) is 9.28. The second kappa shape index (κ2) is 10.9. The second-order valence-electron chi connectivity index (χ2n) is 8.87. The Morgan fingerprint density at radius 2 is 2.00 bits per heavy atom. The molecule has 13 nitrogen and oxygen atoms in total. The summed E-state index contributed by atoms with van der Waals surface area (Å²) in [4.78, 5) is 31.5. The maximum atomic E-state index is 13.6. The lowest BCUT2D eigenvalue weighted by Gasteiger charge is -2.27. The zero-order valence-corrected chi connectivity index (χ0v) is 21.7. The van der Waals surface area contributed by atoms with Crippen LogP contribution in [0.15, 0.2) is 36.5 Å². The summed E-state index contributed by atoms with van der Waals surface area (Å²) in [5, 5.41) is 29.0. The van der Waals surface area contributed by atoms with Gasteiger partial charge in [-0.2, -0.15) is 28.3 Å². The molecule has 3 aromatic heterocycles. The first-order chi connectivity index (χ1) is 19.5. The maximum absolute atomic E-state index is 13.6. The van der Waals surface area contributed by atoms with E-state index in [-0.39, 0.29) is 51.6 Å². The first kappa shape index (κ1) is 27.7. The van der Waals surface area contributed by atoms with Crippen LogP contribution in [0.2, 0.25) is 5.02 Å². The highest BCUT2D eigenvalue weighted by Gasteiger charge is 2.37. The molecule has 0 aliphatic carbocycles. The molecule has 5 rings (SSSR count). The van der Waals surface area contributed by atoms with E-state index in [1.165, 1.54) is 30.5 Å². The van der Waals surface area contributed by atoms with Crippen LogP contribution in [-0.4, -0.2) is 66.0 Å². The Hall–Kier alpha value is -4.88. The molecule has 4 heterocycles. The normalized spacial score (nSPS) is 13.4. The van der Waals surface area contributed by atoms with Crippen molar-refractivity contribution in [3.05, 3.63) is 75.5 Å². The van der Waals surface area contributed by atoms with Crippen molar-refractivity contribution >= 4 is 29.1 Å². The van der Waals surface area contributed by atoms with E-state index < -0.39 is 23.8 Å². The monoisotopic (exact) mass is 586 g/mol. The van der Waals surface area contributed by atoms with Gasteiger partial charge in [-0.3, -0.25) is 9.59 Å². The van der Waals surface area contributed by atoms with Gasteiger partial charge < -0.3 is 15.4 Å². The third-order valence-electron chi connectivity index (χ3n) is 5.86. The van der Waals surface area contributed by atoms with Gasteiger partial charge in [0.15, 0.2) is 5.82 Å². The number of ether oxygens (including phenoxy) is 1. The summed E-state index contributed by atoms with van der Waals surface area (Å²) in [6.45, 7) is 1.92. The number of benzene rings is 1. The quantitative estimate of drug-likeness (QED) is 0.331. The van der Waals surface area contributed by atoms with E-state index in [0.717, 1.165) is 4.68 Å². The molecule has 0 spiro atoms. The van der Waals surface area contributed by atoms with Crippen molar-refractivity contribution in [1.29, 1.82) is 5.26 Å². The number of halogens is 4. The SMILES string of the molecule is Cc1cc(C#N)cc(C(=O)NC2COC2)c1NC(=O)c1cc(Cn2nnc(C(F)(F)F)n2)nn1-c1ncccc1Cl. The molecule has 1 aliphatic rings. The molecular weight excluding hydrogens is 569 g/mol. The Balaban J connectivity index is 1.51. The lowest BCUT2D eigenvalue weighted by Crippen LogP contribution is -2.48. The Morgan fingerprint density at radius 3 is 2.63 bits per heavy atom. The van der Waals surface area contributed by atoms with E-state index >= 15 is 0 Å². The summed E-state index contributed by atoms with van der Waals surface area (Å²) >= 11 is 6.30. The van der Waals surface area contributed by atoms with Crippen LogP contribution in [0.25, 0.3) is 5.82 Å². The molecule has 41 heavy (non-hydrogen) atoms. The van der Waals surface area contributed by atoms with E-state index in [1.807, 2.05) is 6.07 Å². The van der Waals surface area contributed by atoms with Crippen molar-refractivity contribution in [2.45, 2.75) is 25.7 Å². The van der Waals surface area contributed by atoms with Gasteiger partial charge >= 0.3 is 6.18 Å². The number of aryl methyl sites for hydroxylation is 1. The van der Waals surface area contributed by atoms with E-state index in [0.29, 0.717) is 23.6 Å². The predicted octanol–water partition coefficient (Wildman–Crippen LogP) is 2.54. The lowest BCUT2D eigenvalue weighted by atomic mass is 10.0. The predicted molar refractivity (Wildman–Crippen MR) is 134 cm³/mol. The van der Waals surface area contributed by atoms with Crippen LogP contribution in [-0.2, 0) is 17.5 Å². The molecule has 1 aromatic carbocycles. The molecule has 4 aromatic rings. The standard InChI is InChI=1S/C24H18ClF3N10O3/c1-12-5-13(8-29)6-16(21(39)31-15-10-41-11-15)19(12)32-22(40)18-7-14(9-37-35-23(33-36-37)24(26,27)28)34-38(18)20-17(25)3-2-4-30-20/h2-7,15H,9-11H2,1H3,(H,31,39)(H,32,40). The molecule has 1 saturated heterocycles. The highest BCUT2D eigenvalue weighted by Crippen LogP contribution is 2.27. The molecule has 0 unspecified atom stereocenters. The molecule has 1 fully saturated rings. The van der Waals surface area contributed by atoms with Crippen molar-refractivity contribution in [2.75, 3.05) is 18.5 Å². The average molecular weight is 587 g/mol. The lowest BCUT2D eigenvalue weighted by molar-refractivity contribution is -0.145. The number of alkyl halides is 3. The molecule has 2 amide bonds. The van der Waals surface area contributed by atoms with E-state index in [9.17, 15) is 28.0 Å². The van der Waals surface area contributed by atoms with Crippen molar-refractivity contribution < 1.29 is 27.5 Å². The summed E-state index contributed by atoms with van der Waals surface area (Å²) in [6, 6.07) is 9.00. The van der Waals surface area contributed by atoms with E-state index in [4.69, 9.17) is 16.3 Å². The smallest absolute Gasteiger partial charge is 0.377 e. The fourth-order valence-electron chi connectivity index (χ4n) is 3.89. The van der Waals surface area contributed by atoms with Crippen LogP contribution in [0.3, 0.4) is 0 Å². The number of carbonyl (C=O) groups excluding carboxylic acids is 2. The molecule has 0 saturated carbocycles. The topological polar surface area (TPSA) is 166 Å². The van der Waals surface area contributed by atoms with Crippen LogP contribution in [0.4, 0.5) is 18.9 Å². The van der Waals surface area contributed by atoms with Crippen LogP contribution in [0, 0.1) is 18.3 Å². The third-order valence-corrected chi connectivity index (χ3v) is 6.16. The number of hydrogen-bond donors (Lipinski definition) is 2. The Bertz CT molecular complexity index is 1690. The maximum Gasteiger partial charge on any atom is 0.455 e. The number of aromatic nitrogens is 7. The third kappa shape index (κ3) is 5.85. The number of nitrogens with one attached hydrogen (secondary N) is 2. The van der Waals surface area contributed by atoms with E-state index in [1.54, 1.807) is 13.0 Å². The van der Waals surface area contributed by atoms with E-state index in [2.05, 4.69) is 36.1 Å². The molecule has 0 atom stereocenters. The number of hydrogen-bond acceptors (Lipinski definition) is 9. The molecule has 2 N–H and O–H groups in total. The number of amides is 2. The Labute approximate surface area is 233 Å². The minimum absolute atomic E-state index is 0.0513. The minimum Gasteiger partial charge on any atom is -0.377 e. The van der Waals surface area contributed by atoms with Gasteiger partial charge in [-0.15, -0.1) is 10.2 Å². The average Bonchev–Trinajstić information content (AvgIpc) is 3.55. The van der Waals surface area contributed by atoms with Crippen molar-refractivity contribution in [3.8, 4) is 11.9 Å². The van der Waals surface area contributed by atoms with Crippen molar-refractivity contribution in [2.24, 2.45) is 0 Å². The first-order valence-electron chi connectivity index (χ1n) is 11.8. The van der Waals surface area contributed by atoms with Crippen LogP contribution in [0.1, 0.15) is 43.5 Å². The fraction of sp³-hybridized carbons (Fsp3) is 0.250. The highest BCUT2D eigenvalue weighted by molar-refractivity contribution is 6.32. The summed E-state index contributed by atoms with van der Waals surface area (Å²) in [5.41, 5.74) is 0.806. The minimum atomic E-state index is -4.79. The number of nitriles is 1. The fourth-order valence-corrected chi connectivity index (χ4v) is 4.09. The van der Waals surface area contributed by atoms with Gasteiger partial charge in [0.05, 0.1) is 52.9 Å². The number of tetrazole rings is 1. The first-order valence-corrected chi connectivity index (χ1v) is 12.2.